The van der Waals surface area contributed by atoms with Crippen molar-refractivity contribution in [2.45, 2.75) is 118 Å². The summed E-state index contributed by atoms with van der Waals surface area (Å²) in [5, 5.41) is 10.3. The number of alkyl carbamates (subject to hydrolysis) is 1. The number of likely N-dealkylation sites (tertiary alicyclic amines) is 1. The number of benzene rings is 1. The minimum atomic E-state index is -1.22. The van der Waals surface area contributed by atoms with E-state index < -0.39 is 71.6 Å². The summed E-state index contributed by atoms with van der Waals surface area (Å²) in [4.78, 5) is 93.5. The van der Waals surface area contributed by atoms with Crippen LogP contribution < -0.4 is 27.0 Å². The average molecular weight is 727 g/mol. The number of nitrogens with zero attached hydrogens (tertiary/aromatic N) is 1. The lowest BCUT2D eigenvalue weighted by atomic mass is 9.71. The molecule has 2 aliphatic rings. The van der Waals surface area contributed by atoms with E-state index in [0.717, 1.165) is 25.7 Å². The molecular formula is C38H58N6O8. The van der Waals surface area contributed by atoms with E-state index in [4.69, 9.17) is 10.5 Å². The van der Waals surface area contributed by atoms with E-state index in [9.17, 15) is 33.6 Å². The first-order chi connectivity index (χ1) is 24.3. The zero-order chi connectivity index (χ0) is 38.8. The normalized spacial score (nSPS) is 19.8. The molecule has 1 saturated heterocycles. The van der Waals surface area contributed by atoms with Gasteiger partial charge in [-0.15, -0.1) is 0 Å². The Morgan fingerprint density at radius 1 is 0.923 bits per heavy atom. The Morgan fingerprint density at radius 2 is 1.56 bits per heavy atom. The van der Waals surface area contributed by atoms with Crippen molar-refractivity contribution in [3.8, 4) is 0 Å². The number of nitrogens with two attached hydrogens (primary N) is 1. The van der Waals surface area contributed by atoms with Crippen molar-refractivity contribution in [3.63, 3.8) is 0 Å². The van der Waals surface area contributed by atoms with Crippen molar-refractivity contribution < 1.29 is 38.3 Å². The third-order valence-electron chi connectivity index (χ3n) is 9.82. The summed E-state index contributed by atoms with van der Waals surface area (Å²) >= 11 is 0. The molecule has 1 aliphatic carbocycles. The zero-order valence-electron chi connectivity index (χ0n) is 31.7. The van der Waals surface area contributed by atoms with Crippen LogP contribution in [0.15, 0.2) is 30.3 Å². The number of rotatable bonds is 16. The monoisotopic (exact) mass is 726 g/mol. The maximum absolute atomic E-state index is 14.4. The molecule has 4 atom stereocenters. The van der Waals surface area contributed by atoms with Gasteiger partial charge in [0, 0.05) is 6.54 Å². The summed E-state index contributed by atoms with van der Waals surface area (Å²) in [6.07, 6.45) is 3.39. The van der Waals surface area contributed by atoms with Crippen LogP contribution in [0.4, 0.5) is 4.79 Å². The lowest BCUT2D eigenvalue weighted by Crippen LogP contribution is -2.58. The molecule has 52 heavy (non-hydrogen) atoms. The van der Waals surface area contributed by atoms with Crippen LogP contribution >= 0.6 is 0 Å². The molecule has 2 fully saturated rings. The van der Waals surface area contributed by atoms with E-state index in [0.29, 0.717) is 18.4 Å². The number of Topliss-reactive ketones (excluding diaryl/α,β-unsaturated/α-hetero) is 1. The van der Waals surface area contributed by atoms with Gasteiger partial charge in [-0.25, -0.2) is 4.79 Å². The number of ether oxygens (including phenoxy) is 1. The fraction of sp³-hybridized carbons (Fsp3) is 0.658. The average Bonchev–Trinajstić information content (AvgIpc) is 3.42. The number of amides is 6. The molecule has 6 N–H and O–H groups in total. The Hall–Kier alpha value is -4.49. The Kier molecular flexibility index (Phi) is 14.8. The molecular weight excluding hydrogens is 668 g/mol. The third kappa shape index (κ3) is 12.0. The summed E-state index contributed by atoms with van der Waals surface area (Å²) in [6, 6.07) is 4.12. The molecule has 1 aromatic carbocycles. The largest absolute Gasteiger partial charge is 0.449 e. The summed E-state index contributed by atoms with van der Waals surface area (Å²) in [5.74, 6) is -4.61. The number of hydrogen-bond acceptors (Lipinski definition) is 8. The number of hydrogen-bond donors (Lipinski definition) is 5. The first-order valence-corrected chi connectivity index (χ1v) is 18.3. The second-order valence-corrected chi connectivity index (χ2v) is 16.2. The van der Waals surface area contributed by atoms with Crippen LogP contribution in [0.3, 0.4) is 0 Å². The van der Waals surface area contributed by atoms with E-state index in [-0.39, 0.29) is 42.7 Å². The van der Waals surface area contributed by atoms with Crippen LogP contribution in [0.2, 0.25) is 0 Å². The van der Waals surface area contributed by atoms with Gasteiger partial charge in [0.05, 0.1) is 19.2 Å². The smallest absolute Gasteiger partial charge is 0.407 e. The first-order valence-electron chi connectivity index (χ1n) is 18.3. The number of carbonyl (C=O) groups excluding carboxylic acids is 7. The molecule has 14 heteroatoms. The molecule has 1 heterocycles. The molecule has 3 rings (SSSR count). The van der Waals surface area contributed by atoms with Gasteiger partial charge < -0.3 is 36.6 Å². The van der Waals surface area contributed by atoms with Crippen LogP contribution in [-0.2, 0) is 33.5 Å². The molecule has 288 valence electrons. The van der Waals surface area contributed by atoms with Gasteiger partial charge in [-0.3, -0.25) is 28.8 Å². The highest BCUT2D eigenvalue weighted by Crippen LogP contribution is 2.41. The van der Waals surface area contributed by atoms with Crippen molar-refractivity contribution in [2.24, 2.45) is 28.4 Å². The van der Waals surface area contributed by atoms with Gasteiger partial charge >= 0.3 is 6.09 Å². The molecule has 2 unspecified atom stereocenters. The van der Waals surface area contributed by atoms with Crippen molar-refractivity contribution in [1.82, 2.24) is 26.2 Å². The van der Waals surface area contributed by atoms with E-state index in [2.05, 4.69) is 35.1 Å². The fourth-order valence-electron chi connectivity index (χ4n) is 6.87. The maximum Gasteiger partial charge on any atom is 0.407 e. The highest BCUT2D eigenvalue weighted by atomic mass is 16.5. The second-order valence-electron chi connectivity index (χ2n) is 16.2. The molecule has 1 aromatic rings. The highest BCUT2D eigenvalue weighted by Gasteiger charge is 2.48. The number of ketones is 1. The fourth-order valence-corrected chi connectivity index (χ4v) is 6.87. The Balaban J connectivity index is 1.72. The van der Waals surface area contributed by atoms with Crippen LogP contribution in [0.5, 0.6) is 0 Å². The summed E-state index contributed by atoms with van der Waals surface area (Å²) < 4.78 is 5.39. The van der Waals surface area contributed by atoms with Crippen molar-refractivity contribution >= 4 is 41.4 Å². The van der Waals surface area contributed by atoms with Crippen LogP contribution in [0.1, 0.15) is 105 Å². The van der Waals surface area contributed by atoms with Crippen molar-refractivity contribution in [3.05, 3.63) is 35.9 Å². The van der Waals surface area contributed by atoms with Gasteiger partial charge in [0.25, 0.3) is 5.91 Å². The van der Waals surface area contributed by atoms with Crippen LogP contribution in [0.25, 0.3) is 0 Å². The molecule has 0 bridgehead atoms. The van der Waals surface area contributed by atoms with E-state index in [1.165, 1.54) is 4.90 Å². The lowest BCUT2D eigenvalue weighted by Gasteiger charge is -2.39. The van der Waals surface area contributed by atoms with Gasteiger partial charge in [-0.05, 0) is 66.8 Å². The van der Waals surface area contributed by atoms with Crippen LogP contribution in [-0.4, -0.2) is 84.1 Å². The van der Waals surface area contributed by atoms with Gasteiger partial charge in [-0.1, -0.05) is 85.2 Å². The summed E-state index contributed by atoms with van der Waals surface area (Å²) in [7, 11) is 0. The first kappa shape index (κ1) is 41.9. The Bertz CT molecular complexity index is 1450. The molecule has 0 radical (unpaired) electrons. The topological polar surface area (TPSA) is 206 Å². The lowest BCUT2D eigenvalue weighted by molar-refractivity contribution is -0.143. The minimum absolute atomic E-state index is 0.106. The second kappa shape index (κ2) is 18.3. The van der Waals surface area contributed by atoms with Crippen molar-refractivity contribution in [1.29, 1.82) is 0 Å². The van der Waals surface area contributed by atoms with Gasteiger partial charge in [0.1, 0.15) is 18.1 Å². The third-order valence-corrected chi connectivity index (χ3v) is 9.82. The van der Waals surface area contributed by atoms with Crippen molar-refractivity contribution in [2.75, 3.05) is 19.7 Å². The molecule has 6 amide bonds. The molecule has 14 nitrogen and oxygen atoms in total. The Morgan fingerprint density at radius 3 is 2.13 bits per heavy atom. The zero-order valence-corrected chi connectivity index (χ0v) is 31.7. The van der Waals surface area contributed by atoms with E-state index >= 15 is 0 Å². The predicted molar refractivity (Wildman–Crippen MR) is 194 cm³/mol. The van der Waals surface area contributed by atoms with E-state index in [1.807, 2.05) is 27.7 Å². The minimum Gasteiger partial charge on any atom is -0.449 e. The Labute approximate surface area is 307 Å². The van der Waals surface area contributed by atoms with Gasteiger partial charge in [-0.2, -0.15) is 0 Å². The quantitative estimate of drug-likeness (QED) is 0.160. The summed E-state index contributed by atoms with van der Waals surface area (Å²) in [6.45, 7) is 13.7. The highest BCUT2D eigenvalue weighted by molar-refractivity contribution is 6.38. The standard InChI is InChI=1S/C38H58N6O8/c1-8-12-26(31(46)34(49)40-20-28(45)42-29(32(39)47)24-13-10-9-11-14-24)41-33(48)27-19-38(6,7)22-44(27)35(50)30(43-36(51)52-21-23(2)3)25-15-17-37(4,5)18-16-25/h9-11,13-14,23,25-27,29-30H,8,12,15-22H2,1-7H3,(H2,39,47)(H,40,49)(H,41,48)(H,42,45)(H,43,51)/t26?,27-,29?,30-/m0/s1. The predicted octanol–water partition coefficient (Wildman–Crippen LogP) is 2.89. The number of carbonyl (C=O) groups is 7. The molecule has 1 aliphatic heterocycles. The maximum atomic E-state index is 14.4. The van der Waals surface area contributed by atoms with Gasteiger partial charge in [0.2, 0.25) is 29.4 Å². The van der Waals surface area contributed by atoms with Gasteiger partial charge in [0.15, 0.2) is 0 Å². The summed E-state index contributed by atoms with van der Waals surface area (Å²) in [5.41, 5.74) is 5.58. The molecule has 0 aromatic heterocycles. The number of nitrogens with one attached hydrogen (secondary N) is 4. The number of primary amides is 1. The SMILES string of the molecule is CCCC(NC(=O)[C@@H]1CC(C)(C)CN1C(=O)[C@@H](NC(=O)OCC(C)C)C1CCC(C)(C)CC1)C(=O)C(=O)NCC(=O)NC(C(N)=O)c1ccccc1. The van der Waals surface area contributed by atoms with Crippen LogP contribution in [0, 0.1) is 22.7 Å². The molecule has 0 spiro atoms. The van der Waals surface area contributed by atoms with E-state index in [1.54, 1.807) is 37.3 Å². The molecule has 1 saturated carbocycles.